The Labute approximate surface area is 196 Å². The number of hydrogen-bond donors (Lipinski definition) is 1. The van der Waals surface area contributed by atoms with Gasteiger partial charge in [-0.25, -0.2) is 4.98 Å². The van der Waals surface area contributed by atoms with Crippen LogP contribution in [0.2, 0.25) is 0 Å². The number of carbonyl (C=O) groups is 1. The second kappa shape index (κ2) is 9.50. The lowest BCUT2D eigenvalue weighted by molar-refractivity contribution is -0.122. The Morgan fingerprint density at radius 3 is 2.33 bits per heavy atom. The Hall–Kier alpha value is -2.95. The van der Waals surface area contributed by atoms with Gasteiger partial charge in [-0.05, 0) is 54.7 Å². The van der Waals surface area contributed by atoms with Gasteiger partial charge in [0.15, 0.2) is 5.82 Å². The van der Waals surface area contributed by atoms with E-state index in [4.69, 9.17) is 4.98 Å². The van der Waals surface area contributed by atoms with Crippen molar-refractivity contribution in [2.75, 3.05) is 5.43 Å². The van der Waals surface area contributed by atoms with Crippen LogP contribution >= 0.6 is 0 Å². The molecule has 0 radical (unpaired) electrons. The molecule has 5 heteroatoms. The van der Waals surface area contributed by atoms with Gasteiger partial charge in [-0.3, -0.25) is 15.0 Å². The molecular formula is C28H35N3O2. The van der Waals surface area contributed by atoms with Crippen molar-refractivity contribution in [3.8, 4) is 11.4 Å². The third-order valence-electron chi connectivity index (χ3n) is 6.92. The van der Waals surface area contributed by atoms with E-state index in [1.165, 1.54) is 23.1 Å². The fourth-order valence-electron chi connectivity index (χ4n) is 4.87. The van der Waals surface area contributed by atoms with Crippen LogP contribution < -0.4 is 11.0 Å². The molecule has 174 valence electrons. The lowest BCUT2D eigenvalue weighted by Crippen LogP contribution is -2.39. The molecule has 0 spiro atoms. The number of aromatic nitrogens is 2. The maximum Gasteiger partial charge on any atom is 0.280 e. The summed E-state index contributed by atoms with van der Waals surface area (Å²) < 4.78 is 1.36. The lowest BCUT2D eigenvalue weighted by Gasteiger charge is -2.28. The van der Waals surface area contributed by atoms with Gasteiger partial charge in [-0.15, -0.1) is 0 Å². The number of carbonyl (C=O) groups excluding carboxylic acids is 1. The molecule has 0 bridgehead atoms. The molecule has 1 saturated carbocycles. The summed E-state index contributed by atoms with van der Waals surface area (Å²) in [6, 6.07) is 15.4. The number of benzene rings is 2. The summed E-state index contributed by atoms with van der Waals surface area (Å²) in [7, 11) is 0. The van der Waals surface area contributed by atoms with E-state index in [9.17, 15) is 9.59 Å². The molecule has 1 aliphatic carbocycles. The largest absolute Gasteiger partial charge is 0.280 e. The predicted octanol–water partition coefficient (Wildman–Crippen LogP) is 6.04. The summed E-state index contributed by atoms with van der Waals surface area (Å²) in [6.45, 7) is 8.72. The molecule has 0 unspecified atom stereocenters. The van der Waals surface area contributed by atoms with E-state index in [-0.39, 0.29) is 22.8 Å². The minimum atomic E-state index is -0.247. The lowest BCUT2D eigenvalue weighted by atomic mass is 9.80. The molecule has 2 aromatic carbocycles. The van der Waals surface area contributed by atoms with Crippen LogP contribution in [0, 0.1) is 11.8 Å². The van der Waals surface area contributed by atoms with E-state index in [1.54, 1.807) is 6.07 Å². The first-order chi connectivity index (χ1) is 15.8. The number of hydrogen-bond acceptors (Lipinski definition) is 3. The second-order valence-corrected chi connectivity index (χ2v) is 10.4. The van der Waals surface area contributed by atoms with Crippen molar-refractivity contribution < 1.29 is 4.79 Å². The van der Waals surface area contributed by atoms with Gasteiger partial charge in [0.05, 0.1) is 10.9 Å². The summed E-state index contributed by atoms with van der Waals surface area (Å²) >= 11 is 0. The molecular weight excluding hydrogens is 410 g/mol. The van der Waals surface area contributed by atoms with Crippen molar-refractivity contribution >= 4 is 16.8 Å². The highest BCUT2D eigenvalue weighted by Gasteiger charge is 2.27. The zero-order valence-corrected chi connectivity index (χ0v) is 20.2. The van der Waals surface area contributed by atoms with Gasteiger partial charge in [-0.2, -0.15) is 4.68 Å². The highest BCUT2D eigenvalue weighted by atomic mass is 16.2. The smallest absolute Gasteiger partial charge is 0.273 e. The topological polar surface area (TPSA) is 64.0 Å². The number of nitrogens with zero attached hydrogens (tertiary/aromatic N) is 2. The van der Waals surface area contributed by atoms with Crippen molar-refractivity contribution in [1.29, 1.82) is 0 Å². The number of fused-ring (bicyclic) bond motifs is 1. The number of nitrogens with one attached hydrogen (secondary N) is 1. The molecule has 0 atom stereocenters. The highest BCUT2D eigenvalue weighted by Crippen LogP contribution is 2.32. The Morgan fingerprint density at radius 2 is 1.70 bits per heavy atom. The van der Waals surface area contributed by atoms with Crippen LogP contribution in [-0.4, -0.2) is 15.6 Å². The van der Waals surface area contributed by atoms with Gasteiger partial charge in [0.25, 0.3) is 5.56 Å². The fourth-order valence-corrected chi connectivity index (χ4v) is 4.87. The van der Waals surface area contributed by atoms with Crippen LogP contribution in [0.3, 0.4) is 0 Å². The Morgan fingerprint density at radius 1 is 1.03 bits per heavy atom. The van der Waals surface area contributed by atoms with Crippen LogP contribution in [0.4, 0.5) is 0 Å². The van der Waals surface area contributed by atoms with E-state index < -0.39 is 0 Å². The Kier molecular flexibility index (Phi) is 6.68. The molecule has 5 nitrogen and oxygen atoms in total. The maximum atomic E-state index is 13.4. The van der Waals surface area contributed by atoms with E-state index in [2.05, 4.69) is 45.3 Å². The zero-order valence-electron chi connectivity index (χ0n) is 20.2. The van der Waals surface area contributed by atoms with Gasteiger partial charge in [0.1, 0.15) is 0 Å². The number of rotatable bonds is 5. The first-order valence-electron chi connectivity index (χ1n) is 12.2. The van der Waals surface area contributed by atoms with Crippen LogP contribution in [0.15, 0.2) is 53.3 Å². The summed E-state index contributed by atoms with van der Waals surface area (Å²) in [5, 5.41) is 0.500. The van der Waals surface area contributed by atoms with E-state index in [1.807, 2.05) is 30.3 Å². The third-order valence-corrected chi connectivity index (χ3v) is 6.92. The van der Waals surface area contributed by atoms with Crippen LogP contribution in [0.5, 0.6) is 0 Å². The van der Waals surface area contributed by atoms with E-state index in [0.29, 0.717) is 16.7 Å². The maximum absolute atomic E-state index is 13.4. The van der Waals surface area contributed by atoms with Crippen molar-refractivity contribution in [2.24, 2.45) is 11.8 Å². The second-order valence-electron chi connectivity index (χ2n) is 10.4. The molecule has 4 rings (SSSR count). The molecule has 0 aliphatic heterocycles. The molecule has 1 aliphatic rings. The standard InChI is InChI=1S/C28H35N3O2/c1-5-8-19-11-13-21(14-12-19)26(32)30-31-25(20-15-17-22(18-16-20)28(2,3)4)29-24-10-7-6-9-23(24)27(31)33/h6-7,9-10,15-19,21H,5,8,11-14H2,1-4H3,(H,30,32). The summed E-state index contributed by atoms with van der Waals surface area (Å²) in [6.07, 6.45) is 6.34. The Balaban J connectivity index is 1.69. The highest BCUT2D eigenvalue weighted by molar-refractivity contribution is 5.88. The van der Waals surface area contributed by atoms with Crippen LogP contribution in [0.25, 0.3) is 22.3 Å². The zero-order chi connectivity index (χ0) is 23.6. The SMILES string of the molecule is CCCC1CCC(C(=O)Nn2c(-c3ccc(C(C)(C)C)cc3)nc3ccccc3c2=O)CC1. The number of amides is 1. The minimum Gasteiger partial charge on any atom is -0.273 e. The van der Waals surface area contributed by atoms with Crippen molar-refractivity contribution in [1.82, 2.24) is 9.66 Å². The molecule has 1 aromatic heterocycles. The summed E-state index contributed by atoms with van der Waals surface area (Å²) in [4.78, 5) is 31.4. The summed E-state index contributed by atoms with van der Waals surface area (Å²) in [5.41, 5.74) is 5.35. The van der Waals surface area contributed by atoms with Crippen molar-refractivity contribution in [3.05, 3.63) is 64.4 Å². The molecule has 1 N–H and O–H groups in total. The number of para-hydroxylation sites is 1. The molecule has 1 heterocycles. The Bertz CT molecular complexity index is 1180. The minimum absolute atomic E-state index is 0.0276. The van der Waals surface area contributed by atoms with Crippen LogP contribution in [-0.2, 0) is 10.2 Å². The fraction of sp³-hybridized carbons (Fsp3) is 0.464. The molecule has 1 amide bonds. The van der Waals surface area contributed by atoms with Gasteiger partial charge in [-0.1, -0.05) is 76.9 Å². The monoisotopic (exact) mass is 445 g/mol. The molecule has 33 heavy (non-hydrogen) atoms. The van der Waals surface area contributed by atoms with E-state index >= 15 is 0 Å². The van der Waals surface area contributed by atoms with Gasteiger partial charge >= 0.3 is 0 Å². The quantitative estimate of drug-likeness (QED) is 0.521. The normalized spacial score (nSPS) is 18.9. The summed E-state index contributed by atoms with van der Waals surface area (Å²) in [5.74, 6) is 1.04. The average molecular weight is 446 g/mol. The van der Waals surface area contributed by atoms with Crippen LogP contribution in [0.1, 0.15) is 71.8 Å². The molecule has 3 aromatic rings. The first-order valence-corrected chi connectivity index (χ1v) is 12.2. The van der Waals surface area contributed by atoms with Gasteiger partial charge in [0.2, 0.25) is 5.91 Å². The van der Waals surface area contributed by atoms with Gasteiger partial charge < -0.3 is 0 Å². The first kappa shape index (κ1) is 23.2. The predicted molar refractivity (Wildman–Crippen MR) is 135 cm³/mol. The van der Waals surface area contributed by atoms with Crippen molar-refractivity contribution in [3.63, 3.8) is 0 Å². The molecule has 1 fully saturated rings. The van der Waals surface area contributed by atoms with E-state index in [0.717, 1.165) is 37.2 Å². The third kappa shape index (κ3) is 5.02. The van der Waals surface area contributed by atoms with Gasteiger partial charge in [0, 0.05) is 11.5 Å². The molecule has 0 saturated heterocycles. The average Bonchev–Trinajstić information content (AvgIpc) is 2.81. The van der Waals surface area contributed by atoms with Crippen molar-refractivity contribution in [2.45, 2.75) is 71.6 Å².